The Morgan fingerprint density at radius 2 is 1.78 bits per heavy atom. The summed E-state index contributed by atoms with van der Waals surface area (Å²) < 4.78 is 22.3. The predicted octanol–water partition coefficient (Wildman–Crippen LogP) is 6.74. The van der Waals surface area contributed by atoms with Gasteiger partial charge in [-0.15, -0.1) is 0 Å². The van der Waals surface area contributed by atoms with Crippen LogP contribution < -0.4 is 26.0 Å². The van der Waals surface area contributed by atoms with Crippen LogP contribution in [0.15, 0.2) is 71.9 Å². The van der Waals surface area contributed by atoms with E-state index in [1.165, 1.54) is 0 Å². The van der Waals surface area contributed by atoms with Crippen LogP contribution in [0.3, 0.4) is 0 Å². The summed E-state index contributed by atoms with van der Waals surface area (Å²) in [5, 5.41) is 6.71. The Bertz CT molecular complexity index is 1890. The molecule has 0 radical (unpaired) electrons. The van der Waals surface area contributed by atoms with Gasteiger partial charge in [-0.05, 0) is 99.9 Å². The molecule has 3 atom stereocenters. The van der Waals surface area contributed by atoms with Gasteiger partial charge in [0.25, 0.3) is 5.91 Å². The fourth-order valence-electron chi connectivity index (χ4n) is 7.25. The van der Waals surface area contributed by atoms with Gasteiger partial charge in [0.05, 0.1) is 21.8 Å². The summed E-state index contributed by atoms with van der Waals surface area (Å²) in [6.45, 7) is 16.0. The van der Waals surface area contributed by atoms with Crippen molar-refractivity contribution < 1.29 is 13.7 Å². The number of aryl methyl sites for hydroxylation is 1. The molecule has 4 N–H and O–H groups in total. The number of anilines is 3. The minimum Gasteiger partial charge on any atom is -0.488 e. The summed E-state index contributed by atoms with van der Waals surface area (Å²) in [7, 11) is -1.40. The smallest absolute Gasteiger partial charge is 0.254 e. The van der Waals surface area contributed by atoms with Crippen molar-refractivity contribution in [2.45, 2.75) is 89.8 Å². The Morgan fingerprint density at radius 3 is 2.49 bits per heavy atom. The number of para-hydroxylation sites is 1. The van der Waals surface area contributed by atoms with Gasteiger partial charge in [-0.2, -0.15) is 0 Å². The lowest BCUT2D eigenvalue weighted by molar-refractivity contribution is 0.0905. The van der Waals surface area contributed by atoms with Crippen molar-refractivity contribution in [2.75, 3.05) is 42.1 Å². The number of nitrogens with one attached hydrogen (secondary N) is 2. The first-order chi connectivity index (χ1) is 24.5. The van der Waals surface area contributed by atoms with Crippen molar-refractivity contribution in [3.8, 4) is 5.75 Å². The molecule has 0 aliphatic carbocycles. The quantitative estimate of drug-likeness (QED) is 0.146. The topological polar surface area (TPSA) is 126 Å². The van der Waals surface area contributed by atoms with Crippen molar-refractivity contribution in [3.05, 3.63) is 100 Å². The first kappa shape index (κ1) is 36.3. The van der Waals surface area contributed by atoms with Gasteiger partial charge < -0.3 is 26.0 Å². The van der Waals surface area contributed by atoms with Crippen LogP contribution >= 0.6 is 0 Å². The Labute approximate surface area is 304 Å². The van der Waals surface area contributed by atoms with Crippen LogP contribution in [0.25, 0.3) is 0 Å². The second kappa shape index (κ2) is 15.4. The molecule has 1 saturated heterocycles. The Kier molecular flexibility index (Phi) is 11.0. The average Bonchev–Trinajstić information content (AvgIpc) is 3.63. The third-order valence-corrected chi connectivity index (χ3v) is 11.6. The molecule has 11 heteroatoms. The highest BCUT2D eigenvalue weighted by Gasteiger charge is 2.36. The molecule has 2 unspecified atom stereocenters. The van der Waals surface area contributed by atoms with Gasteiger partial charge >= 0.3 is 0 Å². The number of carbonyl (C=O) groups excluding carboxylic acids is 1. The molecule has 4 aromatic rings. The number of ether oxygens (including phenoxy) is 1. The van der Waals surface area contributed by atoms with Crippen molar-refractivity contribution >= 4 is 34.2 Å². The third-order valence-electron chi connectivity index (χ3n) is 10.2. The van der Waals surface area contributed by atoms with Gasteiger partial charge in [0.2, 0.25) is 5.95 Å². The van der Waals surface area contributed by atoms with E-state index in [2.05, 4.69) is 63.6 Å². The van der Waals surface area contributed by atoms with Gasteiger partial charge in [0, 0.05) is 56.6 Å². The second-order valence-corrected chi connectivity index (χ2v) is 15.7. The largest absolute Gasteiger partial charge is 0.488 e. The maximum Gasteiger partial charge on any atom is 0.254 e. The molecule has 1 aromatic heterocycles. The molecule has 0 saturated carbocycles. The highest BCUT2D eigenvalue weighted by atomic mass is 32.2. The molecule has 2 aliphatic heterocycles. The minimum atomic E-state index is -1.40. The van der Waals surface area contributed by atoms with E-state index in [0.717, 1.165) is 72.4 Å². The van der Waals surface area contributed by atoms with Gasteiger partial charge in [-0.25, -0.2) is 18.5 Å². The first-order valence-electron chi connectivity index (χ1n) is 18.0. The lowest BCUT2D eigenvalue weighted by Crippen LogP contribution is -2.48. The SMILES string of the molecule is CCNc1ccc(C(c2ccc(C)c(CN3C[C@@H](CC)Oc4ccccc4S3=O)c2)C(C)(C)NC(=O)c2cnc(N3CCCC3)nc2)c(C)c1N. The molecule has 2 aliphatic rings. The first-order valence-corrected chi connectivity index (χ1v) is 19.2. The summed E-state index contributed by atoms with van der Waals surface area (Å²) in [5.41, 5.74) is 13.1. The molecule has 6 rings (SSSR count). The molecule has 1 amide bonds. The van der Waals surface area contributed by atoms with E-state index in [1.54, 1.807) is 12.4 Å². The van der Waals surface area contributed by atoms with E-state index in [-0.39, 0.29) is 17.9 Å². The minimum absolute atomic E-state index is 0.0859. The van der Waals surface area contributed by atoms with E-state index in [4.69, 9.17) is 10.5 Å². The molecule has 1 fully saturated rings. The number of aromatic nitrogens is 2. The van der Waals surface area contributed by atoms with Crippen LogP contribution in [0.4, 0.5) is 17.3 Å². The number of nitrogens with two attached hydrogens (primary N) is 1. The predicted molar refractivity (Wildman–Crippen MR) is 206 cm³/mol. The molecular formula is C40H51N7O3S. The molecule has 10 nitrogen and oxygen atoms in total. The van der Waals surface area contributed by atoms with Gasteiger partial charge in [-0.3, -0.25) is 4.79 Å². The number of fused-ring (bicyclic) bond motifs is 1. The van der Waals surface area contributed by atoms with Gasteiger partial charge in [-0.1, -0.05) is 43.3 Å². The standard InChI is InChI=1S/C40H51N7O3S/c1-7-31-25-47(51(49)35-14-10-9-13-34(35)50-31)24-29-21-28(16-15-26(29)3)36(32-17-18-33(42-8-2)37(41)27(32)4)40(5,6)45-38(48)30-22-43-39(44-23-30)46-19-11-12-20-46/h9-10,13-18,21-23,31,36,42H,7-8,11-12,19-20,24-25,41H2,1-6H3,(H,45,48)/t31-,36?,51?/m1/s1. The normalized spacial score (nSPS) is 18.4. The number of amides is 1. The van der Waals surface area contributed by atoms with Crippen LogP contribution in [0, 0.1) is 13.8 Å². The van der Waals surface area contributed by atoms with Crippen molar-refractivity contribution in [1.82, 2.24) is 19.6 Å². The van der Waals surface area contributed by atoms with Crippen molar-refractivity contribution in [1.29, 1.82) is 0 Å². The number of rotatable bonds is 11. The highest BCUT2D eigenvalue weighted by Crippen LogP contribution is 2.41. The molecule has 51 heavy (non-hydrogen) atoms. The van der Waals surface area contributed by atoms with E-state index in [1.807, 2.05) is 62.3 Å². The number of hydrogen-bond donors (Lipinski definition) is 3. The zero-order valence-corrected chi connectivity index (χ0v) is 31.5. The monoisotopic (exact) mass is 709 g/mol. The summed E-state index contributed by atoms with van der Waals surface area (Å²) in [6, 6.07) is 18.2. The summed E-state index contributed by atoms with van der Waals surface area (Å²) in [5.74, 6) is 0.805. The van der Waals surface area contributed by atoms with Gasteiger partial charge in [0.15, 0.2) is 0 Å². The maximum absolute atomic E-state index is 14.0. The molecule has 0 spiro atoms. The molecular weight excluding hydrogens is 659 g/mol. The summed E-state index contributed by atoms with van der Waals surface area (Å²) >= 11 is 0. The Morgan fingerprint density at radius 1 is 1.06 bits per heavy atom. The number of nitrogens with zero attached hydrogens (tertiary/aromatic N) is 4. The van der Waals surface area contributed by atoms with E-state index in [0.29, 0.717) is 40.9 Å². The number of carbonyl (C=O) groups is 1. The van der Waals surface area contributed by atoms with E-state index >= 15 is 0 Å². The number of hydrogen-bond acceptors (Lipinski definition) is 8. The fourth-order valence-corrected chi connectivity index (χ4v) is 8.57. The molecule has 3 heterocycles. The van der Waals surface area contributed by atoms with Crippen molar-refractivity contribution in [2.24, 2.45) is 0 Å². The average molecular weight is 710 g/mol. The molecule has 3 aromatic carbocycles. The zero-order chi connectivity index (χ0) is 36.3. The van der Waals surface area contributed by atoms with Crippen LogP contribution in [-0.4, -0.2) is 62.2 Å². The fraction of sp³-hybridized carbons (Fsp3) is 0.425. The van der Waals surface area contributed by atoms with Crippen LogP contribution in [-0.2, 0) is 17.5 Å². The third kappa shape index (κ3) is 7.74. The lowest BCUT2D eigenvalue weighted by atomic mass is 9.74. The second-order valence-electron chi connectivity index (χ2n) is 14.2. The maximum atomic E-state index is 14.0. The van der Waals surface area contributed by atoms with Crippen LogP contribution in [0.2, 0.25) is 0 Å². The van der Waals surface area contributed by atoms with Crippen LogP contribution in [0.5, 0.6) is 5.75 Å². The Balaban J connectivity index is 1.36. The highest BCUT2D eigenvalue weighted by molar-refractivity contribution is 7.82. The van der Waals surface area contributed by atoms with E-state index < -0.39 is 16.5 Å². The van der Waals surface area contributed by atoms with Crippen molar-refractivity contribution in [3.63, 3.8) is 0 Å². The molecule has 270 valence electrons. The number of nitrogen functional groups attached to an aromatic ring is 1. The van der Waals surface area contributed by atoms with E-state index in [9.17, 15) is 9.00 Å². The zero-order valence-electron chi connectivity index (χ0n) is 30.7. The van der Waals surface area contributed by atoms with Crippen LogP contribution in [0.1, 0.15) is 91.1 Å². The summed E-state index contributed by atoms with van der Waals surface area (Å²) in [4.78, 5) is 25.8. The number of benzene rings is 3. The summed E-state index contributed by atoms with van der Waals surface area (Å²) in [6.07, 6.45) is 6.19. The Hall–Kier alpha value is -4.48. The van der Waals surface area contributed by atoms with Gasteiger partial charge in [0.1, 0.15) is 22.8 Å². The lowest BCUT2D eigenvalue weighted by Gasteiger charge is -2.38. The molecule has 0 bridgehead atoms.